The fourth-order valence-corrected chi connectivity index (χ4v) is 3.25. The maximum Gasteiger partial charge on any atom is 0.363 e. The lowest BCUT2D eigenvalue weighted by atomic mass is 10.1. The predicted molar refractivity (Wildman–Crippen MR) is 122 cm³/mol. The van der Waals surface area contributed by atoms with Crippen LogP contribution in [0.25, 0.3) is 6.08 Å². The monoisotopic (exact) mass is 449 g/mol. The highest BCUT2D eigenvalue weighted by Gasteiger charge is 2.24. The second-order valence-electron chi connectivity index (χ2n) is 6.73. The van der Waals surface area contributed by atoms with Crippen LogP contribution in [0.5, 0.6) is 17.2 Å². The van der Waals surface area contributed by atoms with Gasteiger partial charge >= 0.3 is 5.97 Å². The minimum absolute atomic E-state index is 0.168. The highest BCUT2D eigenvalue weighted by molar-refractivity contribution is 6.30. The van der Waals surface area contributed by atoms with Crippen LogP contribution in [0.15, 0.2) is 83.5 Å². The molecule has 6 nitrogen and oxygen atoms in total. The van der Waals surface area contributed by atoms with Crippen molar-refractivity contribution >= 4 is 29.5 Å². The number of hydrogen-bond acceptors (Lipinski definition) is 6. The van der Waals surface area contributed by atoms with Gasteiger partial charge in [0, 0.05) is 16.1 Å². The molecule has 162 valence electrons. The molecular weight excluding hydrogens is 430 g/mol. The maximum atomic E-state index is 12.3. The van der Waals surface area contributed by atoms with E-state index in [1.54, 1.807) is 31.4 Å². The molecule has 0 saturated heterocycles. The van der Waals surface area contributed by atoms with Crippen LogP contribution in [-0.2, 0) is 9.53 Å². The van der Waals surface area contributed by atoms with Gasteiger partial charge in [-0.25, -0.2) is 9.79 Å². The van der Waals surface area contributed by atoms with Crippen molar-refractivity contribution in [1.29, 1.82) is 0 Å². The second kappa shape index (κ2) is 10.0. The normalized spacial score (nSPS) is 14.1. The Hall–Kier alpha value is -3.77. The summed E-state index contributed by atoms with van der Waals surface area (Å²) in [5.74, 6) is 1.55. The van der Waals surface area contributed by atoms with E-state index in [9.17, 15) is 4.79 Å². The van der Waals surface area contributed by atoms with Crippen molar-refractivity contribution in [3.05, 3.63) is 94.6 Å². The van der Waals surface area contributed by atoms with Crippen LogP contribution in [0.3, 0.4) is 0 Å². The lowest BCUT2D eigenvalue weighted by molar-refractivity contribution is -0.129. The molecule has 0 saturated carbocycles. The van der Waals surface area contributed by atoms with Gasteiger partial charge in [0.15, 0.2) is 17.2 Å². The third-order valence-electron chi connectivity index (χ3n) is 4.57. The van der Waals surface area contributed by atoms with Gasteiger partial charge in [0.05, 0.1) is 7.11 Å². The molecule has 0 amide bonds. The van der Waals surface area contributed by atoms with E-state index in [1.807, 2.05) is 54.6 Å². The highest BCUT2D eigenvalue weighted by atomic mass is 35.5. The molecule has 32 heavy (non-hydrogen) atoms. The third-order valence-corrected chi connectivity index (χ3v) is 4.81. The van der Waals surface area contributed by atoms with Crippen molar-refractivity contribution in [2.24, 2.45) is 4.99 Å². The summed E-state index contributed by atoms with van der Waals surface area (Å²) in [6, 6.07) is 21.8. The number of para-hydroxylation sites is 2. The van der Waals surface area contributed by atoms with Gasteiger partial charge in [0.1, 0.15) is 19.0 Å². The average Bonchev–Trinajstić information content (AvgIpc) is 3.19. The van der Waals surface area contributed by atoms with Crippen molar-refractivity contribution in [3.63, 3.8) is 0 Å². The molecule has 0 fully saturated rings. The zero-order chi connectivity index (χ0) is 22.3. The Morgan fingerprint density at radius 2 is 1.59 bits per heavy atom. The van der Waals surface area contributed by atoms with Crippen LogP contribution >= 0.6 is 11.6 Å². The average molecular weight is 450 g/mol. The van der Waals surface area contributed by atoms with E-state index >= 15 is 0 Å². The van der Waals surface area contributed by atoms with Gasteiger partial charge in [-0.05, 0) is 48.5 Å². The van der Waals surface area contributed by atoms with Gasteiger partial charge in [-0.1, -0.05) is 41.9 Å². The quantitative estimate of drug-likeness (QED) is 0.270. The fourth-order valence-electron chi connectivity index (χ4n) is 3.07. The van der Waals surface area contributed by atoms with Crippen molar-refractivity contribution < 1.29 is 23.7 Å². The standard InChI is InChI=1S/C25H20ClNO5/c1-29-22-9-5-6-10-23(22)31-14-13-30-21-12-11-19(26)15-18(21)16-20-25(28)32-24(27-20)17-7-3-2-4-8-17/h2-12,15-16H,13-14H2,1H3/b20-16+. The summed E-state index contributed by atoms with van der Waals surface area (Å²) in [6.07, 6.45) is 1.60. The van der Waals surface area contributed by atoms with Gasteiger partial charge in [-0.2, -0.15) is 0 Å². The Kier molecular flexibility index (Phi) is 6.72. The predicted octanol–water partition coefficient (Wildman–Crippen LogP) is 5.15. The molecule has 0 aromatic heterocycles. The number of esters is 1. The van der Waals surface area contributed by atoms with Gasteiger partial charge in [0.2, 0.25) is 5.90 Å². The van der Waals surface area contributed by atoms with E-state index in [1.165, 1.54) is 0 Å². The van der Waals surface area contributed by atoms with Crippen molar-refractivity contribution in [2.75, 3.05) is 20.3 Å². The van der Waals surface area contributed by atoms with E-state index in [4.69, 9.17) is 30.5 Å². The largest absolute Gasteiger partial charge is 0.493 e. The molecular formula is C25H20ClNO5. The Bertz CT molecular complexity index is 1170. The van der Waals surface area contributed by atoms with E-state index < -0.39 is 5.97 Å². The summed E-state index contributed by atoms with van der Waals surface area (Å²) < 4.78 is 22.2. The molecule has 3 aromatic carbocycles. The molecule has 1 aliphatic rings. The zero-order valence-corrected chi connectivity index (χ0v) is 18.0. The van der Waals surface area contributed by atoms with Crippen LogP contribution in [0.2, 0.25) is 5.02 Å². The number of methoxy groups -OCH3 is 1. The van der Waals surface area contributed by atoms with Gasteiger partial charge in [-0.15, -0.1) is 0 Å². The smallest absolute Gasteiger partial charge is 0.363 e. The number of carbonyl (C=O) groups is 1. The van der Waals surface area contributed by atoms with Gasteiger partial charge in [0.25, 0.3) is 0 Å². The summed E-state index contributed by atoms with van der Waals surface area (Å²) >= 11 is 6.16. The minimum atomic E-state index is -0.533. The number of carbonyl (C=O) groups excluding carboxylic acids is 1. The van der Waals surface area contributed by atoms with Crippen molar-refractivity contribution in [2.45, 2.75) is 0 Å². The van der Waals surface area contributed by atoms with Crippen LogP contribution < -0.4 is 14.2 Å². The first-order chi connectivity index (χ1) is 15.6. The summed E-state index contributed by atoms with van der Waals surface area (Å²) in [5.41, 5.74) is 1.50. The van der Waals surface area contributed by atoms with Crippen LogP contribution in [-0.4, -0.2) is 32.2 Å². The Balaban J connectivity index is 1.47. The lowest BCUT2D eigenvalue weighted by Crippen LogP contribution is -2.10. The van der Waals surface area contributed by atoms with Crippen molar-refractivity contribution in [1.82, 2.24) is 0 Å². The number of benzene rings is 3. The number of ether oxygens (including phenoxy) is 4. The molecule has 1 heterocycles. The minimum Gasteiger partial charge on any atom is -0.493 e. The fraction of sp³-hybridized carbons (Fsp3) is 0.120. The number of cyclic esters (lactones) is 1. The summed E-state index contributed by atoms with van der Waals surface area (Å²) in [5, 5.41) is 0.507. The first-order valence-electron chi connectivity index (χ1n) is 9.90. The van der Waals surface area contributed by atoms with Crippen LogP contribution in [0.1, 0.15) is 11.1 Å². The highest BCUT2D eigenvalue weighted by Crippen LogP contribution is 2.28. The Labute approximate surface area is 190 Å². The summed E-state index contributed by atoms with van der Waals surface area (Å²) in [4.78, 5) is 16.7. The Morgan fingerprint density at radius 1 is 0.906 bits per heavy atom. The molecule has 4 rings (SSSR count). The molecule has 3 aromatic rings. The van der Waals surface area contributed by atoms with Crippen LogP contribution in [0, 0.1) is 0 Å². The van der Waals surface area contributed by atoms with E-state index in [-0.39, 0.29) is 18.2 Å². The molecule has 0 unspecified atom stereocenters. The number of halogens is 1. The first kappa shape index (κ1) is 21.5. The topological polar surface area (TPSA) is 66.3 Å². The zero-order valence-electron chi connectivity index (χ0n) is 17.3. The molecule has 0 aliphatic carbocycles. The molecule has 0 radical (unpaired) electrons. The molecule has 0 bridgehead atoms. The van der Waals surface area contributed by atoms with E-state index in [0.717, 1.165) is 5.56 Å². The second-order valence-corrected chi connectivity index (χ2v) is 7.17. The van der Waals surface area contributed by atoms with E-state index in [2.05, 4.69) is 4.99 Å². The molecule has 0 N–H and O–H groups in total. The number of rotatable bonds is 8. The summed E-state index contributed by atoms with van der Waals surface area (Å²) in [6.45, 7) is 0.580. The maximum absolute atomic E-state index is 12.3. The van der Waals surface area contributed by atoms with Crippen LogP contribution in [0.4, 0.5) is 0 Å². The lowest BCUT2D eigenvalue weighted by Gasteiger charge is -2.12. The van der Waals surface area contributed by atoms with Gasteiger partial charge < -0.3 is 18.9 Å². The number of aliphatic imine (C=N–C) groups is 1. The summed E-state index contributed by atoms with van der Waals surface area (Å²) in [7, 11) is 1.59. The first-order valence-corrected chi connectivity index (χ1v) is 10.3. The molecule has 0 atom stereocenters. The molecule has 1 aliphatic heterocycles. The van der Waals surface area contributed by atoms with E-state index in [0.29, 0.717) is 34.4 Å². The Morgan fingerprint density at radius 3 is 2.34 bits per heavy atom. The SMILES string of the molecule is COc1ccccc1OCCOc1ccc(Cl)cc1/C=C1/N=C(c2ccccc2)OC1=O. The number of hydrogen-bond donors (Lipinski definition) is 0. The van der Waals surface area contributed by atoms with Crippen molar-refractivity contribution in [3.8, 4) is 17.2 Å². The molecule has 0 spiro atoms. The van der Waals surface area contributed by atoms with Gasteiger partial charge in [-0.3, -0.25) is 0 Å². The number of nitrogens with zero attached hydrogens (tertiary/aromatic N) is 1. The third kappa shape index (κ3) is 5.10. The molecule has 7 heteroatoms.